The van der Waals surface area contributed by atoms with Crippen LogP contribution in [0.2, 0.25) is 0 Å². The number of nitrogens with zero attached hydrogens (tertiary/aromatic N) is 1. The van der Waals surface area contributed by atoms with Gasteiger partial charge in [-0.05, 0) is 38.6 Å². The summed E-state index contributed by atoms with van der Waals surface area (Å²) in [5, 5.41) is 1.17. The van der Waals surface area contributed by atoms with Crippen LogP contribution in [0.1, 0.15) is 57.8 Å². The summed E-state index contributed by atoms with van der Waals surface area (Å²) in [6.07, 6.45) is 13.1. The van der Waals surface area contributed by atoms with Gasteiger partial charge in [-0.1, -0.05) is 41.6 Å². The molecule has 2 aliphatic carbocycles. The van der Waals surface area contributed by atoms with Gasteiger partial charge in [-0.3, -0.25) is 4.90 Å². The smallest absolute Gasteiger partial charge is 0.00982 e. The van der Waals surface area contributed by atoms with Gasteiger partial charge in [0.1, 0.15) is 0 Å². The minimum atomic E-state index is 0.933. The fourth-order valence-corrected chi connectivity index (χ4v) is 3.29. The van der Waals surface area contributed by atoms with Crippen molar-refractivity contribution in [3.05, 3.63) is 0 Å². The molecule has 2 heteroatoms. The van der Waals surface area contributed by atoms with Crippen LogP contribution in [0.5, 0.6) is 0 Å². The van der Waals surface area contributed by atoms with E-state index in [0.29, 0.717) is 0 Å². The van der Waals surface area contributed by atoms with Crippen LogP contribution in [-0.4, -0.2) is 28.9 Å². The Morgan fingerprint density at radius 3 is 1.93 bits per heavy atom. The lowest BCUT2D eigenvalue weighted by Crippen LogP contribution is -2.47. The summed E-state index contributed by atoms with van der Waals surface area (Å²) in [6.45, 7) is 1.33. The molecule has 0 amide bonds. The first-order valence-electron chi connectivity index (χ1n) is 6.73. The summed E-state index contributed by atoms with van der Waals surface area (Å²) >= 11 is 3.56. The molecule has 0 heterocycles. The molecular formula is C13H24BrN. The third-order valence-electron chi connectivity index (χ3n) is 4.14. The van der Waals surface area contributed by atoms with Crippen LogP contribution in [0.25, 0.3) is 0 Å². The zero-order chi connectivity index (χ0) is 10.5. The van der Waals surface area contributed by atoms with Crippen molar-refractivity contribution in [2.75, 3.05) is 11.9 Å². The second kappa shape index (κ2) is 6.24. The number of hydrogen-bond donors (Lipinski definition) is 0. The molecule has 0 N–H and O–H groups in total. The van der Waals surface area contributed by atoms with Crippen molar-refractivity contribution in [3.63, 3.8) is 0 Å². The van der Waals surface area contributed by atoms with Crippen LogP contribution in [0.3, 0.4) is 0 Å². The van der Waals surface area contributed by atoms with Gasteiger partial charge in [0.15, 0.2) is 0 Å². The fraction of sp³-hybridized carbons (Fsp3) is 1.00. The first-order chi connectivity index (χ1) is 7.42. The summed E-state index contributed by atoms with van der Waals surface area (Å²) in [4.78, 5) is 2.85. The predicted molar refractivity (Wildman–Crippen MR) is 69.6 cm³/mol. The number of alkyl halides is 1. The van der Waals surface area contributed by atoms with Gasteiger partial charge >= 0.3 is 0 Å². The molecule has 0 aromatic carbocycles. The van der Waals surface area contributed by atoms with E-state index in [4.69, 9.17) is 0 Å². The lowest BCUT2D eigenvalue weighted by Gasteiger charge is -2.44. The molecule has 2 aliphatic rings. The van der Waals surface area contributed by atoms with Crippen molar-refractivity contribution in [1.82, 2.24) is 4.90 Å². The summed E-state index contributed by atoms with van der Waals surface area (Å²) < 4.78 is 0. The molecule has 0 bridgehead atoms. The van der Waals surface area contributed by atoms with E-state index < -0.39 is 0 Å². The zero-order valence-corrected chi connectivity index (χ0v) is 11.3. The Labute approximate surface area is 103 Å². The maximum absolute atomic E-state index is 3.56. The molecule has 2 rings (SSSR count). The third kappa shape index (κ3) is 3.20. The van der Waals surface area contributed by atoms with Gasteiger partial charge in [0, 0.05) is 17.4 Å². The highest BCUT2D eigenvalue weighted by atomic mass is 79.9. The fourth-order valence-electron chi connectivity index (χ4n) is 3.04. The van der Waals surface area contributed by atoms with Crippen LogP contribution >= 0.6 is 15.9 Å². The minimum absolute atomic E-state index is 0.933. The quantitative estimate of drug-likeness (QED) is 0.686. The Morgan fingerprint density at radius 2 is 1.47 bits per heavy atom. The first kappa shape index (κ1) is 11.9. The molecule has 1 nitrogen and oxygen atoms in total. The van der Waals surface area contributed by atoms with Crippen LogP contribution in [0.15, 0.2) is 0 Å². The summed E-state index contributed by atoms with van der Waals surface area (Å²) in [5.74, 6) is 0. The van der Waals surface area contributed by atoms with Gasteiger partial charge in [-0.15, -0.1) is 0 Å². The van der Waals surface area contributed by atoms with Crippen molar-refractivity contribution < 1.29 is 0 Å². The number of hydrogen-bond acceptors (Lipinski definition) is 1. The molecule has 0 unspecified atom stereocenters. The topological polar surface area (TPSA) is 3.24 Å². The maximum Gasteiger partial charge on any atom is 0.00982 e. The van der Waals surface area contributed by atoms with E-state index in [-0.39, 0.29) is 0 Å². The van der Waals surface area contributed by atoms with E-state index in [0.717, 1.165) is 12.1 Å². The summed E-state index contributed by atoms with van der Waals surface area (Å²) in [5.41, 5.74) is 0. The van der Waals surface area contributed by atoms with Crippen LogP contribution in [0, 0.1) is 0 Å². The molecule has 0 aromatic rings. The molecular weight excluding hydrogens is 250 g/mol. The van der Waals surface area contributed by atoms with E-state index in [1.165, 1.54) is 69.7 Å². The predicted octanol–water partition coefficient (Wildman–Crippen LogP) is 3.96. The Hall–Kier alpha value is 0.440. The molecule has 0 spiro atoms. The van der Waals surface area contributed by atoms with Crippen molar-refractivity contribution in [1.29, 1.82) is 0 Å². The standard InChI is InChI=1S/C13H24BrN/c14-10-5-11-15(13-8-4-9-13)12-6-2-1-3-7-12/h12-13H,1-11H2. The lowest BCUT2D eigenvalue weighted by molar-refractivity contribution is 0.0603. The Morgan fingerprint density at radius 1 is 0.867 bits per heavy atom. The SMILES string of the molecule is BrCCCN(C1CCCCC1)C1CCC1. The van der Waals surface area contributed by atoms with Crippen molar-refractivity contribution in [3.8, 4) is 0 Å². The average molecular weight is 274 g/mol. The number of halogens is 1. The van der Waals surface area contributed by atoms with E-state index in [1.807, 2.05) is 0 Å². The largest absolute Gasteiger partial charge is 0.297 e. The highest BCUT2D eigenvalue weighted by Crippen LogP contribution is 2.31. The number of rotatable bonds is 5. The highest BCUT2D eigenvalue weighted by molar-refractivity contribution is 9.09. The molecule has 15 heavy (non-hydrogen) atoms. The van der Waals surface area contributed by atoms with Crippen LogP contribution in [-0.2, 0) is 0 Å². The lowest BCUT2D eigenvalue weighted by atomic mass is 9.86. The van der Waals surface area contributed by atoms with Gasteiger partial charge in [-0.25, -0.2) is 0 Å². The molecule has 2 saturated carbocycles. The van der Waals surface area contributed by atoms with Gasteiger partial charge in [0.25, 0.3) is 0 Å². The van der Waals surface area contributed by atoms with Crippen LogP contribution in [0.4, 0.5) is 0 Å². The van der Waals surface area contributed by atoms with Gasteiger partial charge in [0.2, 0.25) is 0 Å². The zero-order valence-electron chi connectivity index (χ0n) is 9.76. The second-order valence-electron chi connectivity index (χ2n) is 5.16. The molecule has 0 atom stereocenters. The van der Waals surface area contributed by atoms with Crippen molar-refractivity contribution in [2.24, 2.45) is 0 Å². The van der Waals surface area contributed by atoms with Crippen molar-refractivity contribution >= 4 is 15.9 Å². The normalized spacial score (nSPS) is 24.4. The Balaban J connectivity index is 1.84. The molecule has 2 fully saturated rings. The average Bonchev–Trinajstić information content (AvgIpc) is 2.22. The van der Waals surface area contributed by atoms with Crippen molar-refractivity contribution in [2.45, 2.75) is 69.9 Å². The third-order valence-corrected chi connectivity index (χ3v) is 4.70. The second-order valence-corrected chi connectivity index (χ2v) is 5.95. The molecule has 88 valence electrons. The summed E-state index contributed by atoms with van der Waals surface area (Å²) in [6, 6.07) is 1.88. The van der Waals surface area contributed by atoms with E-state index in [1.54, 1.807) is 0 Å². The molecule has 0 radical (unpaired) electrons. The van der Waals surface area contributed by atoms with Gasteiger partial charge in [0.05, 0.1) is 0 Å². The summed E-state index contributed by atoms with van der Waals surface area (Å²) in [7, 11) is 0. The Kier molecular flexibility index (Phi) is 4.96. The first-order valence-corrected chi connectivity index (χ1v) is 7.85. The van der Waals surface area contributed by atoms with Crippen LogP contribution < -0.4 is 0 Å². The maximum atomic E-state index is 3.56. The van der Waals surface area contributed by atoms with Gasteiger partial charge in [-0.2, -0.15) is 0 Å². The monoisotopic (exact) mass is 273 g/mol. The molecule has 0 aliphatic heterocycles. The Bertz CT molecular complexity index is 173. The van der Waals surface area contributed by atoms with Gasteiger partial charge < -0.3 is 0 Å². The van der Waals surface area contributed by atoms with E-state index in [9.17, 15) is 0 Å². The minimum Gasteiger partial charge on any atom is -0.297 e. The molecule has 0 aromatic heterocycles. The highest BCUT2D eigenvalue weighted by Gasteiger charge is 2.30. The molecule has 0 saturated heterocycles. The van der Waals surface area contributed by atoms with E-state index >= 15 is 0 Å². The van der Waals surface area contributed by atoms with E-state index in [2.05, 4.69) is 20.8 Å².